The summed E-state index contributed by atoms with van der Waals surface area (Å²) in [6, 6.07) is 7.31. The van der Waals surface area contributed by atoms with Gasteiger partial charge in [-0.25, -0.2) is 9.18 Å². The summed E-state index contributed by atoms with van der Waals surface area (Å²) < 4.78 is 18.7. The number of fused-ring (bicyclic) bond motifs is 1. The fourth-order valence-electron chi connectivity index (χ4n) is 1.61. The number of methoxy groups -OCH3 is 1. The zero-order chi connectivity index (χ0) is 11.7. The third kappa shape index (κ3) is 1.58. The number of rotatable bonds is 2. The van der Waals surface area contributed by atoms with E-state index in [9.17, 15) is 9.18 Å². The number of ether oxygens (including phenoxy) is 1. The van der Waals surface area contributed by atoms with E-state index in [2.05, 4.69) is 0 Å². The lowest BCUT2D eigenvalue weighted by molar-refractivity contribution is 0.0696. The van der Waals surface area contributed by atoms with E-state index in [1.165, 1.54) is 13.2 Å². The Morgan fingerprint density at radius 2 is 2.06 bits per heavy atom. The molecule has 0 amide bonds. The molecule has 0 bridgehead atoms. The predicted octanol–water partition coefficient (Wildman–Crippen LogP) is 2.69. The first-order valence-corrected chi connectivity index (χ1v) is 4.63. The molecule has 0 fully saturated rings. The van der Waals surface area contributed by atoms with E-state index in [1.807, 2.05) is 0 Å². The monoisotopic (exact) mass is 220 g/mol. The van der Waals surface area contributed by atoms with Crippen molar-refractivity contribution >= 4 is 16.7 Å². The van der Waals surface area contributed by atoms with Crippen molar-refractivity contribution in [3.8, 4) is 5.75 Å². The lowest BCUT2D eigenvalue weighted by Gasteiger charge is -2.06. The Morgan fingerprint density at radius 1 is 1.31 bits per heavy atom. The molecule has 2 rings (SSSR count). The average Bonchev–Trinajstić information content (AvgIpc) is 2.28. The molecule has 0 saturated carbocycles. The normalized spacial score (nSPS) is 10.4. The maximum Gasteiger partial charge on any atom is 0.335 e. The van der Waals surface area contributed by atoms with Gasteiger partial charge >= 0.3 is 5.97 Å². The van der Waals surface area contributed by atoms with Crippen molar-refractivity contribution in [3.63, 3.8) is 0 Å². The molecular formula is C12H9FO3. The number of carbonyl (C=O) groups is 1. The lowest BCUT2D eigenvalue weighted by atomic mass is 10.1. The number of aromatic carboxylic acids is 1. The van der Waals surface area contributed by atoms with Gasteiger partial charge in [0.1, 0.15) is 11.6 Å². The Kier molecular flexibility index (Phi) is 2.48. The molecule has 0 aliphatic heterocycles. The van der Waals surface area contributed by atoms with Gasteiger partial charge in [-0.1, -0.05) is 12.1 Å². The van der Waals surface area contributed by atoms with Crippen molar-refractivity contribution in [3.05, 3.63) is 41.7 Å². The molecule has 0 saturated heterocycles. The van der Waals surface area contributed by atoms with Crippen molar-refractivity contribution in [1.82, 2.24) is 0 Å². The van der Waals surface area contributed by atoms with Gasteiger partial charge in [0.15, 0.2) is 0 Å². The number of benzene rings is 2. The van der Waals surface area contributed by atoms with Crippen LogP contribution < -0.4 is 4.74 Å². The Hall–Kier alpha value is -2.10. The Labute approximate surface area is 91.1 Å². The minimum atomic E-state index is -1.16. The smallest absolute Gasteiger partial charge is 0.335 e. The molecule has 0 aliphatic carbocycles. The molecule has 16 heavy (non-hydrogen) atoms. The maximum atomic E-state index is 13.6. The number of carboxylic acids is 1. The third-order valence-electron chi connectivity index (χ3n) is 2.37. The van der Waals surface area contributed by atoms with Crippen molar-refractivity contribution in [2.24, 2.45) is 0 Å². The SMILES string of the molecule is COc1cccc2c(F)cc(C(=O)O)cc12. The van der Waals surface area contributed by atoms with E-state index in [0.29, 0.717) is 16.5 Å². The maximum absolute atomic E-state index is 13.6. The van der Waals surface area contributed by atoms with Gasteiger partial charge in [-0.15, -0.1) is 0 Å². The standard InChI is InChI=1S/C12H9FO3/c1-16-11-4-2-3-8-9(11)5-7(12(14)15)6-10(8)13/h2-6H,1H3,(H,14,15). The van der Waals surface area contributed by atoms with Crippen LogP contribution in [0.15, 0.2) is 30.3 Å². The molecule has 1 N–H and O–H groups in total. The Balaban J connectivity index is 2.82. The van der Waals surface area contributed by atoms with E-state index >= 15 is 0 Å². The van der Waals surface area contributed by atoms with Crippen molar-refractivity contribution in [1.29, 1.82) is 0 Å². The van der Waals surface area contributed by atoms with Crippen LogP contribution in [0.3, 0.4) is 0 Å². The molecule has 0 heterocycles. The minimum Gasteiger partial charge on any atom is -0.496 e. The summed E-state index contributed by atoms with van der Waals surface area (Å²) in [5.74, 6) is -1.26. The molecule has 0 radical (unpaired) electrons. The molecular weight excluding hydrogens is 211 g/mol. The molecule has 0 unspecified atom stereocenters. The van der Waals surface area contributed by atoms with Gasteiger partial charge < -0.3 is 9.84 Å². The fourth-order valence-corrected chi connectivity index (χ4v) is 1.61. The molecule has 0 spiro atoms. The van der Waals surface area contributed by atoms with Crippen LogP contribution in [-0.2, 0) is 0 Å². The predicted molar refractivity (Wildman–Crippen MR) is 57.4 cm³/mol. The minimum absolute atomic E-state index is 0.0884. The van der Waals surface area contributed by atoms with Crippen LogP contribution in [-0.4, -0.2) is 18.2 Å². The van der Waals surface area contributed by atoms with Gasteiger partial charge in [-0.05, 0) is 18.2 Å². The van der Waals surface area contributed by atoms with Crippen LogP contribution in [0.4, 0.5) is 4.39 Å². The van der Waals surface area contributed by atoms with E-state index in [-0.39, 0.29) is 5.56 Å². The summed E-state index contributed by atoms with van der Waals surface area (Å²) in [5.41, 5.74) is -0.0884. The van der Waals surface area contributed by atoms with Gasteiger partial charge in [-0.3, -0.25) is 0 Å². The zero-order valence-corrected chi connectivity index (χ0v) is 8.53. The lowest BCUT2D eigenvalue weighted by Crippen LogP contribution is -1.98. The van der Waals surface area contributed by atoms with Crippen molar-refractivity contribution in [2.75, 3.05) is 7.11 Å². The van der Waals surface area contributed by atoms with Crippen LogP contribution >= 0.6 is 0 Å². The highest BCUT2D eigenvalue weighted by atomic mass is 19.1. The number of hydrogen-bond donors (Lipinski definition) is 1. The summed E-state index contributed by atoms with van der Waals surface area (Å²) in [6.07, 6.45) is 0. The van der Waals surface area contributed by atoms with E-state index < -0.39 is 11.8 Å². The first kappa shape index (κ1) is 10.4. The summed E-state index contributed by atoms with van der Waals surface area (Å²) in [5, 5.41) is 9.64. The van der Waals surface area contributed by atoms with Gasteiger partial charge in [0.05, 0.1) is 12.7 Å². The third-order valence-corrected chi connectivity index (χ3v) is 2.37. The van der Waals surface area contributed by atoms with Crippen LogP contribution in [0.2, 0.25) is 0 Å². The summed E-state index contributed by atoms with van der Waals surface area (Å²) in [7, 11) is 1.46. The molecule has 4 heteroatoms. The van der Waals surface area contributed by atoms with Crippen LogP contribution in [0.1, 0.15) is 10.4 Å². The van der Waals surface area contributed by atoms with Crippen LogP contribution in [0, 0.1) is 5.82 Å². The first-order valence-electron chi connectivity index (χ1n) is 4.63. The first-order chi connectivity index (χ1) is 7.63. The zero-order valence-electron chi connectivity index (χ0n) is 8.53. The molecule has 3 nitrogen and oxygen atoms in total. The number of hydrogen-bond acceptors (Lipinski definition) is 2. The molecule has 2 aromatic rings. The van der Waals surface area contributed by atoms with Crippen molar-refractivity contribution < 1.29 is 19.0 Å². The topological polar surface area (TPSA) is 46.5 Å². The van der Waals surface area contributed by atoms with Gasteiger partial charge in [0, 0.05) is 10.8 Å². The van der Waals surface area contributed by atoms with E-state index in [0.717, 1.165) is 6.07 Å². The molecule has 0 aromatic heterocycles. The summed E-state index contributed by atoms with van der Waals surface area (Å²) >= 11 is 0. The fraction of sp³-hybridized carbons (Fsp3) is 0.0833. The van der Waals surface area contributed by atoms with E-state index in [1.54, 1.807) is 18.2 Å². The summed E-state index contributed by atoms with van der Waals surface area (Å²) in [4.78, 5) is 10.8. The molecule has 0 aliphatic rings. The Morgan fingerprint density at radius 3 is 2.69 bits per heavy atom. The number of carboxylic acid groups (broad SMARTS) is 1. The highest BCUT2D eigenvalue weighted by Gasteiger charge is 2.11. The molecule has 82 valence electrons. The highest BCUT2D eigenvalue weighted by molar-refractivity contribution is 5.97. The van der Waals surface area contributed by atoms with E-state index in [4.69, 9.17) is 9.84 Å². The van der Waals surface area contributed by atoms with Gasteiger partial charge in [0.2, 0.25) is 0 Å². The quantitative estimate of drug-likeness (QED) is 0.846. The van der Waals surface area contributed by atoms with Gasteiger partial charge in [0.25, 0.3) is 0 Å². The second-order valence-corrected chi connectivity index (χ2v) is 3.32. The van der Waals surface area contributed by atoms with Crippen molar-refractivity contribution in [2.45, 2.75) is 0 Å². The van der Waals surface area contributed by atoms with Crippen LogP contribution in [0.25, 0.3) is 10.8 Å². The summed E-state index contributed by atoms with van der Waals surface area (Å²) in [6.45, 7) is 0. The highest BCUT2D eigenvalue weighted by Crippen LogP contribution is 2.28. The Bertz CT molecular complexity index is 563. The number of halogens is 1. The second kappa shape index (κ2) is 3.81. The largest absolute Gasteiger partial charge is 0.496 e. The molecule has 0 atom stereocenters. The molecule has 2 aromatic carbocycles. The average molecular weight is 220 g/mol. The van der Waals surface area contributed by atoms with Crippen LogP contribution in [0.5, 0.6) is 5.75 Å². The van der Waals surface area contributed by atoms with Gasteiger partial charge in [-0.2, -0.15) is 0 Å². The second-order valence-electron chi connectivity index (χ2n) is 3.32.